The van der Waals surface area contributed by atoms with Crippen LogP contribution in [0.15, 0.2) is 88.9 Å². The molecule has 4 rings (SSSR count). The Bertz CT molecular complexity index is 1620. The maximum atomic E-state index is 12.8. The van der Waals surface area contributed by atoms with E-state index in [1.165, 1.54) is 6.08 Å². The van der Waals surface area contributed by atoms with Gasteiger partial charge in [0.05, 0.1) is 14.5 Å². The van der Waals surface area contributed by atoms with Gasteiger partial charge >= 0.3 is 0 Å². The lowest BCUT2D eigenvalue weighted by Gasteiger charge is -2.10. The third kappa shape index (κ3) is 8.17. The molecular formula is C30H19BrCl4N2O3. The summed E-state index contributed by atoms with van der Waals surface area (Å²) in [5.74, 6) is 0.637. The standard InChI is InChI=1S/C30H19BrCl4N2O3/c31-25-12-18(2-10-29(25)40-16-19-1-9-26(33)28(35)13-19)11-21(15-36)30(38)37-23-5-7-24(8-6-23)39-17-20-3-4-22(32)14-27(20)34/h1-14H,16-17H2,(H,37,38)/b21-11+. The first-order valence-corrected chi connectivity index (χ1v) is 14.0. The molecule has 10 heteroatoms. The van der Waals surface area contributed by atoms with Crippen LogP contribution in [0.5, 0.6) is 11.5 Å². The number of nitrogens with zero attached hydrogens (tertiary/aromatic N) is 1. The van der Waals surface area contributed by atoms with Crippen LogP contribution in [0.4, 0.5) is 5.69 Å². The lowest BCUT2D eigenvalue weighted by Crippen LogP contribution is -2.13. The Balaban J connectivity index is 1.35. The zero-order valence-corrected chi connectivity index (χ0v) is 25.2. The van der Waals surface area contributed by atoms with Crippen molar-refractivity contribution in [2.24, 2.45) is 0 Å². The molecule has 0 aliphatic rings. The van der Waals surface area contributed by atoms with Crippen LogP contribution in [0.3, 0.4) is 0 Å². The number of rotatable bonds is 9. The van der Waals surface area contributed by atoms with E-state index in [-0.39, 0.29) is 18.8 Å². The second-order valence-electron chi connectivity index (χ2n) is 8.40. The molecular weight excluding hydrogens is 658 g/mol. The lowest BCUT2D eigenvalue weighted by atomic mass is 10.1. The Labute approximate surface area is 260 Å². The number of nitrogens with one attached hydrogen (secondary N) is 1. The van der Waals surface area contributed by atoms with Crippen molar-refractivity contribution in [2.45, 2.75) is 13.2 Å². The molecule has 1 amide bonds. The van der Waals surface area contributed by atoms with Gasteiger partial charge in [-0.1, -0.05) is 64.6 Å². The number of nitriles is 1. The third-order valence-electron chi connectivity index (χ3n) is 5.53. The van der Waals surface area contributed by atoms with Crippen molar-refractivity contribution < 1.29 is 14.3 Å². The molecule has 0 saturated carbocycles. The number of hydrogen-bond acceptors (Lipinski definition) is 4. The normalized spacial score (nSPS) is 11.1. The average molecular weight is 677 g/mol. The molecule has 0 spiro atoms. The first-order chi connectivity index (χ1) is 19.2. The summed E-state index contributed by atoms with van der Waals surface area (Å²) >= 11 is 27.6. The SMILES string of the molecule is N#C/C(=C\c1ccc(OCc2ccc(Cl)c(Cl)c2)c(Br)c1)C(=O)Nc1ccc(OCc2ccc(Cl)cc2Cl)cc1. The summed E-state index contributed by atoms with van der Waals surface area (Å²) in [5.41, 5.74) is 2.75. The molecule has 0 aliphatic heterocycles. The van der Waals surface area contributed by atoms with E-state index in [0.717, 1.165) is 11.1 Å². The van der Waals surface area contributed by atoms with Crippen LogP contribution in [0.2, 0.25) is 20.1 Å². The van der Waals surface area contributed by atoms with Crippen molar-refractivity contribution >= 4 is 80.0 Å². The maximum Gasteiger partial charge on any atom is 0.266 e. The smallest absolute Gasteiger partial charge is 0.266 e. The highest BCUT2D eigenvalue weighted by molar-refractivity contribution is 9.10. The van der Waals surface area contributed by atoms with Crippen molar-refractivity contribution in [3.05, 3.63) is 126 Å². The topological polar surface area (TPSA) is 71.3 Å². The van der Waals surface area contributed by atoms with Gasteiger partial charge in [-0.05, 0) is 93.8 Å². The number of carbonyl (C=O) groups is 1. The van der Waals surface area contributed by atoms with Crippen LogP contribution in [0.1, 0.15) is 16.7 Å². The van der Waals surface area contributed by atoms with E-state index in [4.69, 9.17) is 55.9 Å². The zero-order chi connectivity index (χ0) is 28.6. The van der Waals surface area contributed by atoms with Crippen molar-refractivity contribution in [3.8, 4) is 17.6 Å². The predicted molar refractivity (Wildman–Crippen MR) is 164 cm³/mol. The van der Waals surface area contributed by atoms with Gasteiger partial charge in [0.1, 0.15) is 36.4 Å². The van der Waals surface area contributed by atoms with Crippen LogP contribution in [0, 0.1) is 11.3 Å². The van der Waals surface area contributed by atoms with Crippen molar-refractivity contribution in [1.82, 2.24) is 0 Å². The van der Waals surface area contributed by atoms with Crippen LogP contribution in [-0.4, -0.2) is 5.91 Å². The van der Waals surface area contributed by atoms with E-state index in [1.807, 2.05) is 12.1 Å². The van der Waals surface area contributed by atoms with Crippen molar-refractivity contribution in [1.29, 1.82) is 5.26 Å². The number of ether oxygens (including phenoxy) is 2. The Morgan fingerprint density at radius 1 is 0.850 bits per heavy atom. The third-order valence-corrected chi connectivity index (χ3v) is 7.48. The quantitative estimate of drug-likeness (QED) is 0.142. The van der Waals surface area contributed by atoms with Crippen molar-refractivity contribution in [2.75, 3.05) is 5.32 Å². The van der Waals surface area contributed by atoms with Crippen LogP contribution < -0.4 is 14.8 Å². The zero-order valence-electron chi connectivity index (χ0n) is 20.6. The van der Waals surface area contributed by atoms with E-state index in [2.05, 4.69) is 21.2 Å². The van der Waals surface area contributed by atoms with Crippen LogP contribution in [0.25, 0.3) is 6.08 Å². The summed E-state index contributed by atoms with van der Waals surface area (Å²) in [6.45, 7) is 0.549. The molecule has 0 heterocycles. The van der Waals surface area contributed by atoms with Gasteiger partial charge in [-0.25, -0.2) is 0 Å². The van der Waals surface area contributed by atoms with Gasteiger partial charge in [0.2, 0.25) is 0 Å². The molecule has 202 valence electrons. The molecule has 4 aromatic carbocycles. The van der Waals surface area contributed by atoms with E-state index < -0.39 is 5.91 Å². The minimum absolute atomic E-state index is 0.0610. The monoisotopic (exact) mass is 674 g/mol. The largest absolute Gasteiger partial charge is 0.489 e. The second kappa shape index (κ2) is 13.9. The molecule has 5 nitrogen and oxygen atoms in total. The molecule has 0 unspecified atom stereocenters. The van der Waals surface area contributed by atoms with Crippen LogP contribution >= 0.6 is 62.3 Å². The number of halogens is 5. The fourth-order valence-corrected chi connectivity index (χ4v) is 4.76. The van der Waals surface area contributed by atoms with E-state index in [0.29, 0.717) is 47.3 Å². The molecule has 0 fully saturated rings. The van der Waals surface area contributed by atoms with E-state index in [9.17, 15) is 10.1 Å². The fourth-order valence-electron chi connectivity index (χ4n) is 3.46. The van der Waals surface area contributed by atoms with Gasteiger partial charge in [0.15, 0.2) is 0 Å². The fraction of sp³-hybridized carbons (Fsp3) is 0.0667. The predicted octanol–water partition coefficient (Wildman–Crippen LogP) is 9.77. The summed E-state index contributed by atoms with van der Waals surface area (Å²) in [7, 11) is 0. The van der Waals surface area contributed by atoms with Gasteiger partial charge in [-0.15, -0.1) is 0 Å². The molecule has 0 atom stereocenters. The maximum absolute atomic E-state index is 12.8. The second-order valence-corrected chi connectivity index (χ2v) is 10.9. The summed E-state index contributed by atoms with van der Waals surface area (Å²) in [6, 6.07) is 24.5. The van der Waals surface area contributed by atoms with Crippen molar-refractivity contribution in [3.63, 3.8) is 0 Å². The number of anilines is 1. The number of amides is 1. The molecule has 40 heavy (non-hydrogen) atoms. The Hall–Kier alpha value is -3.18. The van der Waals surface area contributed by atoms with E-state index >= 15 is 0 Å². The van der Waals surface area contributed by atoms with Gasteiger partial charge in [-0.2, -0.15) is 5.26 Å². The molecule has 0 bridgehead atoms. The minimum Gasteiger partial charge on any atom is -0.489 e. The summed E-state index contributed by atoms with van der Waals surface area (Å²) in [5, 5.41) is 14.3. The van der Waals surface area contributed by atoms with Gasteiger partial charge in [-0.3, -0.25) is 4.79 Å². The van der Waals surface area contributed by atoms with Gasteiger partial charge < -0.3 is 14.8 Å². The summed E-state index contributed by atoms with van der Waals surface area (Å²) < 4.78 is 12.3. The number of hydrogen-bond donors (Lipinski definition) is 1. The average Bonchev–Trinajstić information content (AvgIpc) is 2.93. The van der Waals surface area contributed by atoms with Gasteiger partial charge in [0, 0.05) is 21.3 Å². The Morgan fingerprint density at radius 3 is 2.30 bits per heavy atom. The van der Waals surface area contributed by atoms with Crippen LogP contribution in [-0.2, 0) is 18.0 Å². The van der Waals surface area contributed by atoms with Gasteiger partial charge in [0.25, 0.3) is 5.91 Å². The molecule has 0 radical (unpaired) electrons. The molecule has 0 aliphatic carbocycles. The number of carbonyl (C=O) groups excluding carboxylic acids is 1. The highest BCUT2D eigenvalue weighted by Crippen LogP contribution is 2.29. The highest BCUT2D eigenvalue weighted by atomic mass is 79.9. The first-order valence-electron chi connectivity index (χ1n) is 11.7. The molecule has 4 aromatic rings. The summed E-state index contributed by atoms with van der Waals surface area (Å²) in [4.78, 5) is 12.8. The Morgan fingerprint density at radius 2 is 1.62 bits per heavy atom. The first kappa shape index (κ1) is 29.8. The Kier molecular flexibility index (Phi) is 10.4. The molecule has 0 aromatic heterocycles. The highest BCUT2D eigenvalue weighted by Gasteiger charge is 2.11. The number of benzene rings is 4. The van der Waals surface area contributed by atoms with E-state index in [1.54, 1.807) is 72.8 Å². The summed E-state index contributed by atoms with van der Waals surface area (Å²) in [6.07, 6.45) is 1.50. The lowest BCUT2D eigenvalue weighted by molar-refractivity contribution is -0.112. The molecule has 1 N–H and O–H groups in total. The minimum atomic E-state index is -0.541. The molecule has 0 saturated heterocycles.